The highest BCUT2D eigenvalue weighted by molar-refractivity contribution is 6.47. The zero-order valence-corrected chi connectivity index (χ0v) is 16.1. The molecular formula is C21H27BO4. The fraction of sp³-hybridized carbons (Fsp3) is 0.571. The van der Waals surface area contributed by atoms with Crippen LogP contribution in [-0.2, 0) is 24.4 Å². The molecule has 1 heterocycles. The van der Waals surface area contributed by atoms with E-state index in [1.54, 1.807) is 0 Å². The van der Waals surface area contributed by atoms with Gasteiger partial charge in [-0.25, -0.2) is 4.79 Å². The van der Waals surface area contributed by atoms with E-state index in [0.29, 0.717) is 17.8 Å². The summed E-state index contributed by atoms with van der Waals surface area (Å²) in [5, 5.41) is 0. The number of hydrogen-bond donors (Lipinski definition) is 0. The SMILES string of the molecule is C=C(CB1O[C@@H]2[C@](c3ccccc3)(O1)[C@H]1CC[C@]2(C)C1(C)C)C(=O)OC. The van der Waals surface area contributed by atoms with E-state index in [-0.39, 0.29) is 16.9 Å². The maximum absolute atomic E-state index is 11.8. The molecule has 5 heteroatoms. The first-order chi connectivity index (χ1) is 12.3. The van der Waals surface area contributed by atoms with Crippen LogP contribution >= 0.6 is 0 Å². The molecule has 1 saturated heterocycles. The lowest BCUT2D eigenvalue weighted by atomic mass is 9.69. The summed E-state index contributed by atoms with van der Waals surface area (Å²) in [6.07, 6.45) is 2.57. The Kier molecular flexibility index (Phi) is 3.91. The molecule has 0 amide bonds. The number of carbonyl (C=O) groups is 1. The van der Waals surface area contributed by atoms with E-state index in [1.807, 2.05) is 6.07 Å². The fourth-order valence-corrected chi connectivity index (χ4v) is 5.83. The standard InChI is InChI=1S/C21H27BO4/c1-14(17(23)24-5)13-22-25-18-20(4)12-11-16(19(20,2)3)21(18,26-22)15-9-7-6-8-10-15/h6-10,16,18H,1,11-13H2,2-5H3/t16-,18-,20-,21+/m0/s1. The largest absolute Gasteiger partial charge is 0.466 e. The maximum atomic E-state index is 11.8. The Morgan fingerprint density at radius 2 is 2.00 bits per heavy atom. The van der Waals surface area contributed by atoms with Gasteiger partial charge in [0.25, 0.3) is 0 Å². The van der Waals surface area contributed by atoms with Crippen molar-refractivity contribution in [3.05, 3.63) is 48.0 Å². The highest BCUT2D eigenvalue weighted by Gasteiger charge is 2.77. The Balaban J connectivity index is 1.73. The summed E-state index contributed by atoms with van der Waals surface area (Å²) in [5.74, 6) is -0.0265. The average molecular weight is 354 g/mol. The molecule has 0 aromatic heterocycles. The number of fused-ring (bicyclic) bond motifs is 5. The van der Waals surface area contributed by atoms with E-state index in [1.165, 1.54) is 12.7 Å². The second-order valence-electron chi connectivity index (χ2n) is 8.75. The molecule has 2 bridgehead atoms. The Hall–Kier alpha value is -1.59. The van der Waals surface area contributed by atoms with Crippen molar-refractivity contribution in [2.45, 2.75) is 51.6 Å². The van der Waals surface area contributed by atoms with Crippen molar-refractivity contribution in [1.29, 1.82) is 0 Å². The van der Waals surface area contributed by atoms with Gasteiger partial charge in [0, 0.05) is 17.3 Å². The van der Waals surface area contributed by atoms with Gasteiger partial charge >= 0.3 is 13.1 Å². The van der Waals surface area contributed by atoms with Crippen LogP contribution in [-0.4, -0.2) is 26.3 Å². The molecular weight excluding hydrogens is 327 g/mol. The van der Waals surface area contributed by atoms with Crippen molar-refractivity contribution >= 4 is 13.1 Å². The van der Waals surface area contributed by atoms with Crippen molar-refractivity contribution in [2.24, 2.45) is 16.7 Å². The first-order valence-electron chi connectivity index (χ1n) is 9.42. The second kappa shape index (κ2) is 5.70. The molecule has 0 radical (unpaired) electrons. The van der Waals surface area contributed by atoms with E-state index >= 15 is 0 Å². The van der Waals surface area contributed by atoms with Crippen molar-refractivity contribution in [3.63, 3.8) is 0 Å². The van der Waals surface area contributed by atoms with Gasteiger partial charge in [0.1, 0.15) is 5.60 Å². The number of benzene rings is 1. The summed E-state index contributed by atoms with van der Waals surface area (Å²) in [4.78, 5) is 11.8. The smallest absolute Gasteiger partial charge is 0.462 e. The van der Waals surface area contributed by atoms with E-state index < -0.39 is 18.7 Å². The van der Waals surface area contributed by atoms with Crippen LogP contribution in [0.15, 0.2) is 42.5 Å². The lowest BCUT2D eigenvalue weighted by Gasteiger charge is -2.41. The summed E-state index contributed by atoms with van der Waals surface area (Å²) in [5.41, 5.74) is 1.26. The second-order valence-corrected chi connectivity index (χ2v) is 8.75. The first-order valence-corrected chi connectivity index (χ1v) is 9.42. The van der Waals surface area contributed by atoms with Gasteiger partial charge < -0.3 is 14.0 Å². The maximum Gasteiger partial charge on any atom is 0.462 e. The highest BCUT2D eigenvalue weighted by Crippen LogP contribution is 2.75. The molecule has 3 aliphatic rings. The van der Waals surface area contributed by atoms with Crippen LogP contribution in [0.3, 0.4) is 0 Å². The number of methoxy groups -OCH3 is 1. The van der Waals surface area contributed by atoms with Gasteiger partial charge in [-0.3, -0.25) is 0 Å². The quantitative estimate of drug-likeness (QED) is 0.466. The van der Waals surface area contributed by atoms with Crippen molar-refractivity contribution in [2.75, 3.05) is 7.11 Å². The molecule has 2 saturated carbocycles. The molecule has 1 aromatic rings. The molecule has 1 aromatic carbocycles. The Morgan fingerprint density at radius 3 is 2.65 bits per heavy atom. The molecule has 0 spiro atoms. The molecule has 2 aliphatic carbocycles. The average Bonchev–Trinajstić information content (AvgIpc) is 3.16. The van der Waals surface area contributed by atoms with Gasteiger partial charge in [-0.2, -0.15) is 0 Å². The minimum absolute atomic E-state index is 0.0263. The summed E-state index contributed by atoms with van der Waals surface area (Å²) in [7, 11) is 0.899. The zero-order valence-electron chi connectivity index (χ0n) is 16.1. The van der Waals surface area contributed by atoms with Crippen LogP contribution < -0.4 is 0 Å². The van der Waals surface area contributed by atoms with E-state index in [4.69, 9.17) is 14.0 Å². The predicted octanol–water partition coefficient (Wildman–Crippen LogP) is 3.97. The predicted molar refractivity (Wildman–Crippen MR) is 100 cm³/mol. The third-order valence-electron chi connectivity index (χ3n) is 7.51. The molecule has 4 nitrogen and oxygen atoms in total. The van der Waals surface area contributed by atoms with Crippen LogP contribution in [0.5, 0.6) is 0 Å². The number of hydrogen-bond acceptors (Lipinski definition) is 4. The number of ether oxygens (including phenoxy) is 1. The fourth-order valence-electron chi connectivity index (χ4n) is 5.83. The van der Waals surface area contributed by atoms with Crippen LogP contribution in [0.1, 0.15) is 39.2 Å². The van der Waals surface area contributed by atoms with Gasteiger partial charge in [-0.15, -0.1) is 0 Å². The van der Waals surface area contributed by atoms with Crippen LogP contribution in [0, 0.1) is 16.7 Å². The third-order valence-corrected chi connectivity index (χ3v) is 7.51. The summed E-state index contributed by atoms with van der Waals surface area (Å²) < 4.78 is 17.9. The van der Waals surface area contributed by atoms with Crippen molar-refractivity contribution in [3.8, 4) is 0 Å². The monoisotopic (exact) mass is 354 g/mol. The highest BCUT2D eigenvalue weighted by atomic mass is 16.7. The van der Waals surface area contributed by atoms with Gasteiger partial charge in [0.05, 0.1) is 13.2 Å². The van der Waals surface area contributed by atoms with Crippen LogP contribution in [0.2, 0.25) is 6.32 Å². The molecule has 138 valence electrons. The van der Waals surface area contributed by atoms with Gasteiger partial charge in [0.15, 0.2) is 0 Å². The molecule has 1 aliphatic heterocycles. The van der Waals surface area contributed by atoms with E-state index in [9.17, 15) is 4.79 Å². The molecule has 4 atom stereocenters. The Labute approximate surface area is 156 Å². The summed E-state index contributed by atoms with van der Waals surface area (Å²) in [6.45, 7) is 10.9. The Bertz CT molecular complexity index is 746. The lowest BCUT2D eigenvalue weighted by molar-refractivity contribution is -0.136. The molecule has 3 fully saturated rings. The minimum Gasteiger partial charge on any atom is -0.466 e. The molecule has 4 rings (SSSR count). The zero-order chi connectivity index (χ0) is 18.7. The summed E-state index contributed by atoms with van der Waals surface area (Å²) >= 11 is 0. The van der Waals surface area contributed by atoms with Gasteiger partial charge in [0.2, 0.25) is 0 Å². The van der Waals surface area contributed by atoms with Gasteiger partial charge in [-0.05, 0) is 29.7 Å². The van der Waals surface area contributed by atoms with Crippen LogP contribution in [0.4, 0.5) is 0 Å². The molecule has 0 N–H and O–H groups in total. The number of rotatable bonds is 4. The number of carbonyl (C=O) groups excluding carboxylic acids is 1. The topological polar surface area (TPSA) is 44.8 Å². The molecule has 26 heavy (non-hydrogen) atoms. The van der Waals surface area contributed by atoms with Crippen LogP contribution in [0.25, 0.3) is 0 Å². The van der Waals surface area contributed by atoms with Crippen molar-refractivity contribution < 1.29 is 18.8 Å². The summed E-state index contributed by atoms with van der Waals surface area (Å²) in [6, 6.07) is 10.4. The number of esters is 1. The molecule has 0 unspecified atom stereocenters. The first kappa shape index (κ1) is 17.8. The van der Waals surface area contributed by atoms with E-state index in [2.05, 4.69) is 51.6 Å². The van der Waals surface area contributed by atoms with Gasteiger partial charge in [-0.1, -0.05) is 57.7 Å². The minimum atomic E-state index is -0.470. The lowest BCUT2D eigenvalue weighted by Crippen LogP contribution is -2.45. The van der Waals surface area contributed by atoms with E-state index in [0.717, 1.165) is 12.8 Å². The third kappa shape index (κ3) is 2.07. The van der Waals surface area contributed by atoms with Crippen molar-refractivity contribution in [1.82, 2.24) is 0 Å². The Morgan fingerprint density at radius 1 is 1.31 bits per heavy atom. The normalized spacial score (nSPS) is 36.8.